The van der Waals surface area contributed by atoms with E-state index in [1.54, 1.807) is 12.1 Å². The number of benzene rings is 2. The summed E-state index contributed by atoms with van der Waals surface area (Å²) in [6.45, 7) is 0.801. The van der Waals surface area contributed by atoms with Crippen molar-refractivity contribution < 1.29 is 9.53 Å². The average molecular weight is 267 g/mol. The minimum Gasteiger partial charge on any atom is -0.493 e. The third-order valence-corrected chi connectivity index (χ3v) is 3.33. The van der Waals surface area contributed by atoms with Gasteiger partial charge in [-0.3, -0.25) is 4.79 Å². The van der Waals surface area contributed by atoms with Crippen molar-refractivity contribution in [2.75, 3.05) is 11.9 Å². The van der Waals surface area contributed by atoms with Gasteiger partial charge in [0.25, 0.3) is 5.91 Å². The van der Waals surface area contributed by atoms with E-state index in [-0.39, 0.29) is 5.91 Å². The smallest absolute Gasteiger partial charge is 0.255 e. The molecular weight excluding hydrogens is 250 g/mol. The summed E-state index contributed by atoms with van der Waals surface area (Å²) in [6, 6.07) is 16.7. The molecule has 3 rings (SSSR count). The third kappa shape index (κ3) is 3.38. The lowest BCUT2D eigenvalue weighted by atomic mass is 10.2. The van der Waals surface area contributed by atoms with Crippen molar-refractivity contribution in [3.8, 4) is 5.75 Å². The highest BCUT2D eigenvalue weighted by Gasteiger charge is 2.21. The monoisotopic (exact) mass is 267 g/mol. The lowest BCUT2D eigenvalue weighted by Crippen LogP contribution is -2.11. The van der Waals surface area contributed by atoms with Crippen LogP contribution in [0.15, 0.2) is 54.6 Å². The van der Waals surface area contributed by atoms with Crippen molar-refractivity contribution >= 4 is 11.6 Å². The molecule has 1 amide bonds. The lowest BCUT2D eigenvalue weighted by molar-refractivity contribution is 0.102. The number of anilines is 1. The van der Waals surface area contributed by atoms with E-state index >= 15 is 0 Å². The number of rotatable bonds is 5. The molecule has 1 saturated carbocycles. The minimum absolute atomic E-state index is 0.0998. The van der Waals surface area contributed by atoms with E-state index in [2.05, 4.69) is 5.32 Å². The first kappa shape index (κ1) is 12.7. The van der Waals surface area contributed by atoms with E-state index in [1.807, 2.05) is 42.5 Å². The average Bonchev–Trinajstić information content (AvgIpc) is 3.32. The number of hydrogen-bond donors (Lipinski definition) is 1. The summed E-state index contributed by atoms with van der Waals surface area (Å²) in [7, 11) is 0. The molecule has 0 radical (unpaired) electrons. The number of nitrogens with one attached hydrogen (secondary N) is 1. The Morgan fingerprint density at radius 1 is 1.05 bits per heavy atom. The Labute approximate surface area is 118 Å². The van der Waals surface area contributed by atoms with Crippen LogP contribution in [0.1, 0.15) is 23.2 Å². The molecule has 2 aromatic rings. The molecule has 1 N–H and O–H groups in total. The molecular formula is C17H17NO2. The Balaban J connectivity index is 1.58. The molecule has 0 unspecified atom stereocenters. The van der Waals surface area contributed by atoms with Gasteiger partial charge in [0.1, 0.15) is 5.75 Å². The van der Waals surface area contributed by atoms with Gasteiger partial charge < -0.3 is 10.1 Å². The van der Waals surface area contributed by atoms with Crippen LogP contribution in [-0.4, -0.2) is 12.5 Å². The van der Waals surface area contributed by atoms with Crippen molar-refractivity contribution in [2.24, 2.45) is 5.92 Å². The molecule has 1 fully saturated rings. The van der Waals surface area contributed by atoms with Gasteiger partial charge in [0.2, 0.25) is 0 Å². The number of ether oxygens (including phenoxy) is 1. The summed E-state index contributed by atoms with van der Waals surface area (Å²) in [5, 5.41) is 2.87. The van der Waals surface area contributed by atoms with Crippen LogP contribution in [0.3, 0.4) is 0 Å². The van der Waals surface area contributed by atoms with Gasteiger partial charge in [-0.25, -0.2) is 0 Å². The zero-order valence-corrected chi connectivity index (χ0v) is 11.2. The van der Waals surface area contributed by atoms with Crippen LogP contribution < -0.4 is 10.1 Å². The second-order valence-electron chi connectivity index (χ2n) is 5.10. The zero-order valence-electron chi connectivity index (χ0n) is 11.2. The maximum atomic E-state index is 12.0. The standard InChI is InChI=1S/C17H17NO2/c19-17(14-4-2-1-3-5-14)18-15-8-10-16(11-9-15)20-12-13-6-7-13/h1-5,8-11,13H,6-7,12H2,(H,18,19). The molecule has 0 bridgehead atoms. The van der Waals surface area contributed by atoms with E-state index in [4.69, 9.17) is 4.74 Å². The fraction of sp³-hybridized carbons (Fsp3) is 0.235. The second kappa shape index (κ2) is 5.78. The zero-order chi connectivity index (χ0) is 13.8. The van der Waals surface area contributed by atoms with Crippen molar-refractivity contribution in [3.05, 3.63) is 60.2 Å². The molecule has 3 heteroatoms. The molecule has 0 saturated heterocycles. The highest BCUT2D eigenvalue weighted by Crippen LogP contribution is 2.29. The molecule has 0 atom stereocenters. The van der Waals surface area contributed by atoms with E-state index in [0.29, 0.717) is 5.56 Å². The predicted molar refractivity (Wildman–Crippen MR) is 79.1 cm³/mol. The van der Waals surface area contributed by atoms with E-state index in [9.17, 15) is 4.79 Å². The van der Waals surface area contributed by atoms with Crippen LogP contribution in [0.5, 0.6) is 5.75 Å². The first-order valence-electron chi connectivity index (χ1n) is 6.90. The SMILES string of the molecule is O=C(Nc1ccc(OCC2CC2)cc1)c1ccccc1. The topological polar surface area (TPSA) is 38.3 Å². The highest BCUT2D eigenvalue weighted by atomic mass is 16.5. The quantitative estimate of drug-likeness (QED) is 0.896. The largest absolute Gasteiger partial charge is 0.493 e. The summed E-state index contributed by atoms with van der Waals surface area (Å²) < 4.78 is 5.66. The van der Waals surface area contributed by atoms with Crippen molar-refractivity contribution in [1.82, 2.24) is 0 Å². The van der Waals surface area contributed by atoms with Crippen LogP contribution in [-0.2, 0) is 0 Å². The normalized spacial score (nSPS) is 13.8. The maximum absolute atomic E-state index is 12.0. The second-order valence-corrected chi connectivity index (χ2v) is 5.10. The summed E-state index contributed by atoms with van der Waals surface area (Å²) >= 11 is 0. The minimum atomic E-state index is -0.0998. The first-order chi connectivity index (χ1) is 9.81. The van der Waals surface area contributed by atoms with Crippen LogP contribution in [0, 0.1) is 5.92 Å². The van der Waals surface area contributed by atoms with Crippen molar-refractivity contribution in [3.63, 3.8) is 0 Å². The van der Waals surface area contributed by atoms with Gasteiger partial charge in [0.05, 0.1) is 6.61 Å². The van der Waals surface area contributed by atoms with Gasteiger partial charge in [-0.1, -0.05) is 18.2 Å². The Bertz CT molecular complexity index is 574. The third-order valence-electron chi connectivity index (χ3n) is 3.33. The van der Waals surface area contributed by atoms with Crippen molar-refractivity contribution in [2.45, 2.75) is 12.8 Å². The molecule has 2 aromatic carbocycles. The first-order valence-corrected chi connectivity index (χ1v) is 6.90. The lowest BCUT2D eigenvalue weighted by Gasteiger charge is -2.08. The summed E-state index contributed by atoms with van der Waals surface area (Å²) in [4.78, 5) is 12.0. The molecule has 102 valence electrons. The van der Waals surface area contributed by atoms with Crippen molar-refractivity contribution in [1.29, 1.82) is 0 Å². The van der Waals surface area contributed by atoms with Gasteiger partial charge >= 0.3 is 0 Å². The molecule has 0 spiro atoms. The fourth-order valence-corrected chi connectivity index (χ4v) is 1.93. The molecule has 0 aromatic heterocycles. The van der Waals surface area contributed by atoms with Crippen LogP contribution in [0.2, 0.25) is 0 Å². The van der Waals surface area contributed by atoms with Crippen LogP contribution >= 0.6 is 0 Å². The van der Waals surface area contributed by atoms with Gasteiger partial charge in [-0.15, -0.1) is 0 Å². The Hall–Kier alpha value is -2.29. The van der Waals surface area contributed by atoms with Gasteiger partial charge in [0.15, 0.2) is 0 Å². The fourth-order valence-electron chi connectivity index (χ4n) is 1.93. The van der Waals surface area contributed by atoms with E-state index in [1.165, 1.54) is 12.8 Å². The molecule has 1 aliphatic rings. The van der Waals surface area contributed by atoms with Gasteiger partial charge in [0, 0.05) is 11.3 Å². The number of hydrogen-bond acceptors (Lipinski definition) is 2. The predicted octanol–water partition coefficient (Wildman–Crippen LogP) is 3.73. The Morgan fingerprint density at radius 3 is 2.40 bits per heavy atom. The van der Waals surface area contributed by atoms with E-state index < -0.39 is 0 Å². The molecule has 1 aliphatic carbocycles. The van der Waals surface area contributed by atoms with Crippen LogP contribution in [0.4, 0.5) is 5.69 Å². The molecule has 0 heterocycles. The molecule has 20 heavy (non-hydrogen) atoms. The van der Waals surface area contributed by atoms with E-state index in [0.717, 1.165) is 24.0 Å². The Morgan fingerprint density at radius 2 is 1.75 bits per heavy atom. The summed E-state index contributed by atoms with van der Waals surface area (Å²) in [5.41, 5.74) is 1.43. The maximum Gasteiger partial charge on any atom is 0.255 e. The number of carbonyl (C=O) groups is 1. The summed E-state index contributed by atoms with van der Waals surface area (Å²) in [6.07, 6.45) is 2.57. The molecule has 0 aliphatic heterocycles. The van der Waals surface area contributed by atoms with Crippen LogP contribution in [0.25, 0.3) is 0 Å². The number of amides is 1. The van der Waals surface area contributed by atoms with Gasteiger partial charge in [-0.2, -0.15) is 0 Å². The molecule has 3 nitrogen and oxygen atoms in total. The number of carbonyl (C=O) groups excluding carboxylic acids is 1. The summed E-state index contributed by atoms with van der Waals surface area (Å²) in [5.74, 6) is 1.50. The van der Waals surface area contributed by atoms with Gasteiger partial charge in [-0.05, 0) is 55.2 Å². The Kier molecular flexibility index (Phi) is 3.68. The highest BCUT2D eigenvalue weighted by molar-refractivity contribution is 6.04.